The lowest BCUT2D eigenvalue weighted by atomic mass is 10.0. The van der Waals surface area contributed by atoms with Crippen LogP contribution in [-0.2, 0) is 6.54 Å². The lowest BCUT2D eigenvalue weighted by Gasteiger charge is -2.25. The van der Waals surface area contributed by atoms with Crippen molar-refractivity contribution in [3.8, 4) is 0 Å². The minimum Gasteiger partial charge on any atom is -0.370 e. The minimum absolute atomic E-state index is 0.0337. The summed E-state index contributed by atoms with van der Waals surface area (Å²) in [6.45, 7) is 2.70. The van der Waals surface area contributed by atoms with Crippen LogP contribution in [0.1, 0.15) is 24.1 Å². The molecule has 112 valence electrons. The molecule has 0 spiro atoms. The summed E-state index contributed by atoms with van der Waals surface area (Å²) >= 11 is 3.43. The Labute approximate surface area is 134 Å². The van der Waals surface area contributed by atoms with Crippen LogP contribution in [0.2, 0.25) is 0 Å². The van der Waals surface area contributed by atoms with Gasteiger partial charge in [-0.15, -0.1) is 0 Å². The molecule has 21 heavy (non-hydrogen) atoms. The van der Waals surface area contributed by atoms with Gasteiger partial charge >= 0.3 is 0 Å². The van der Waals surface area contributed by atoms with Gasteiger partial charge in [-0.25, -0.2) is 4.39 Å². The molecule has 0 saturated heterocycles. The number of halogens is 2. The summed E-state index contributed by atoms with van der Waals surface area (Å²) in [7, 11) is 3.83. The van der Waals surface area contributed by atoms with Crippen LogP contribution in [0.4, 0.5) is 10.1 Å². The van der Waals surface area contributed by atoms with Gasteiger partial charge in [-0.2, -0.15) is 0 Å². The van der Waals surface area contributed by atoms with E-state index in [1.54, 1.807) is 6.07 Å². The summed E-state index contributed by atoms with van der Waals surface area (Å²) in [6, 6.07) is 13.4. The number of rotatable bonds is 5. The highest BCUT2D eigenvalue weighted by Gasteiger charge is 2.16. The second-order valence-electron chi connectivity index (χ2n) is 5.17. The Balaban J connectivity index is 2.28. The molecule has 0 amide bonds. The molecular weight excluding hydrogens is 331 g/mol. The Morgan fingerprint density at radius 2 is 1.86 bits per heavy atom. The lowest BCUT2D eigenvalue weighted by molar-refractivity contribution is 0.560. The van der Waals surface area contributed by atoms with Gasteiger partial charge < -0.3 is 10.2 Å². The molecule has 0 aromatic heterocycles. The fraction of sp³-hybridized carbons (Fsp3) is 0.294. The summed E-state index contributed by atoms with van der Waals surface area (Å²) in [5, 5.41) is 3.12. The fourth-order valence-electron chi connectivity index (χ4n) is 2.38. The van der Waals surface area contributed by atoms with E-state index in [0.717, 1.165) is 16.7 Å². The molecular formula is C17H20BrFN2. The molecule has 0 fully saturated rings. The Hall–Kier alpha value is -1.39. The van der Waals surface area contributed by atoms with E-state index in [1.807, 2.05) is 39.2 Å². The third kappa shape index (κ3) is 3.83. The standard InChI is InChI=1S/C17H20BrFN2/c1-12(20-2)17-15(19)5-4-6-16(17)21(3)11-13-7-9-14(18)10-8-13/h4-10,12,20H,11H2,1-3H3. The normalized spacial score (nSPS) is 12.2. The highest BCUT2D eigenvalue weighted by Crippen LogP contribution is 2.29. The Morgan fingerprint density at radius 3 is 2.48 bits per heavy atom. The summed E-state index contributed by atoms with van der Waals surface area (Å²) in [5.41, 5.74) is 2.81. The molecule has 1 N–H and O–H groups in total. The van der Waals surface area contributed by atoms with Crippen molar-refractivity contribution in [1.29, 1.82) is 0 Å². The van der Waals surface area contributed by atoms with Crippen molar-refractivity contribution in [3.05, 3.63) is 63.9 Å². The molecule has 1 atom stereocenters. The summed E-state index contributed by atoms with van der Waals surface area (Å²) in [6.07, 6.45) is 0. The Morgan fingerprint density at radius 1 is 1.19 bits per heavy atom. The van der Waals surface area contributed by atoms with E-state index in [-0.39, 0.29) is 11.9 Å². The molecule has 0 aliphatic rings. The molecule has 0 saturated carbocycles. The summed E-state index contributed by atoms with van der Waals surface area (Å²) in [4.78, 5) is 2.08. The number of anilines is 1. The lowest BCUT2D eigenvalue weighted by Crippen LogP contribution is -2.22. The number of nitrogens with zero attached hydrogens (tertiary/aromatic N) is 1. The zero-order valence-corrected chi connectivity index (χ0v) is 14.1. The first kappa shape index (κ1) is 16.0. The van der Waals surface area contributed by atoms with Gasteiger partial charge in [-0.3, -0.25) is 0 Å². The van der Waals surface area contributed by atoms with Crippen molar-refractivity contribution in [3.63, 3.8) is 0 Å². The van der Waals surface area contributed by atoms with Crippen LogP contribution in [0, 0.1) is 5.82 Å². The van der Waals surface area contributed by atoms with Gasteiger partial charge in [0.1, 0.15) is 5.82 Å². The average Bonchev–Trinajstić information content (AvgIpc) is 2.48. The van der Waals surface area contributed by atoms with Crippen molar-refractivity contribution >= 4 is 21.6 Å². The maximum Gasteiger partial charge on any atom is 0.130 e. The van der Waals surface area contributed by atoms with Crippen LogP contribution in [0.25, 0.3) is 0 Å². The van der Waals surface area contributed by atoms with Crippen molar-refractivity contribution in [2.75, 3.05) is 19.0 Å². The third-order valence-electron chi connectivity index (χ3n) is 3.64. The van der Waals surface area contributed by atoms with Gasteiger partial charge in [0.05, 0.1) is 0 Å². The number of hydrogen-bond acceptors (Lipinski definition) is 2. The topological polar surface area (TPSA) is 15.3 Å². The number of nitrogens with one attached hydrogen (secondary N) is 1. The van der Waals surface area contributed by atoms with Crippen molar-refractivity contribution in [2.24, 2.45) is 0 Å². The zero-order chi connectivity index (χ0) is 15.4. The van der Waals surface area contributed by atoms with Gasteiger partial charge in [0.15, 0.2) is 0 Å². The van der Waals surface area contributed by atoms with E-state index in [1.165, 1.54) is 11.6 Å². The van der Waals surface area contributed by atoms with E-state index in [4.69, 9.17) is 0 Å². The van der Waals surface area contributed by atoms with E-state index < -0.39 is 0 Å². The average molecular weight is 351 g/mol. The SMILES string of the molecule is CNC(C)c1c(F)cccc1N(C)Cc1ccc(Br)cc1. The first-order valence-electron chi connectivity index (χ1n) is 6.94. The van der Waals surface area contributed by atoms with E-state index in [0.29, 0.717) is 5.56 Å². The van der Waals surface area contributed by atoms with Crippen LogP contribution in [-0.4, -0.2) is 14.1 Å². The minimum atomic E-state index is -0.169. The molecule has 2 aromatic carbocycles. The van der Waals surface area contributed by atoms with Crippen LogP contribution in [0.3, 0.4) is 0 Å². The van der Waals surface area contributed by atoms with Gasteiger partial charge in [-0.05, 0) is 43.8 Å². The van der Waals surface area contributed by atoms with Gasteiger partial charge in [-0.1, -0.05) is 34.1 Å². The Bertz CT molecular complexity index is 598. The monoisotopic (exact) mass is 350 g/mol. The van der Waals surface area contributed by atoms with Crippen LogP contribution in [0.5, 0.6) is 0 Å². The van der Waals surface area contributed by atoms with Crippen LogP contribution in [0.15, 0.2) is 46.9 Å². The van der Waals surface area contributed by atoms with E-state index >= 15 is 0 Å². The molecule has 0 radical (unpaired) electrons. The highest BCUT2D eigenvalue weighted by molar-refractivity contribution is 9.10. The predicted molar refractivity (Wildman–Crippen MR) is 90.1 cm³/mol. The summed E-state index contributed by atoms with van der Waals surface area (Å²) in [5.74, 6) is -0.169. The molecule has 0 heterocycles. The van der Waals surface area contributed by atoms with Gasteiger partial charge in [0.2, 0.25) is 0 Å². The van der Waals surface area contributed by atoms with Gasteiger partial charge in [0.25, 0.3) is 0 Å². The van der Waals surface area contributed by atoms with Gasteiger partial charge in [0, 0.05) is 35.4 Å². The molecule has 0 bridgehead atoms. The molecule has 2 rings (SSSR count). The van der Waals surface area contributed by atoms with Crippen LogP contribution >= 0.6 is 15.9 Å². The Kier molecular flexibility index (Phi) is 5.37. The molecule has 2 nitrogen and oxygen atoms in total. The maximum atomic E-state index is 14.2. The van der Waals surface area contributed by atoms with E-state index in [9.17, 15) is 4.39 Å². The fourth-order valence-corrected chi connectivity index (χ4v) is 2.64. The highest BCUT2D eigenvalue weighted by atomic mass is 79.9. The second kappa shape index (κ2) is 7.05. The predicted octanol–water partition coefficient (Wildman–Crippen LogP) is 4.51. The molecule has 1 unspecified atom stereocenters. The number of hydrogen-bond donors (Lipinski definition) is 1. The molecule has 0 aliphatic carbocycles. The van der Waals surface area contributed by atoms with Crippen molar-refractivity contribution in [1.82, 2.24) is 5.32 Å². The maximum absolute atomic E-state index is 14.2. The summed E-state index contributed by atoms with van der Waals surface area (Å²) < 4.78 is 15.2. The van der Waals surface area contributed by atoms with Crippen molar-refractivity contribution < 1.29 is 4.39 Å². The smallest absolute Gasteiger partial charge is 0.130 e. The second-order valence-corrected chi connectivity index (χ2v) is 6.08. The quantitative estimate of drug-likeness (QED) is 0.853. The number of benzene rings is 2. The molecule has 2 aromatic rings. The molecule has 4 heteroatoms. The molecule has 0 aliphatic heterocycles. The largest absolute Gasteiger partial charge is 0.370 e. The van der Waals surface area contributed by atoms with Crippen molar-refractivity contribution in [2.45, 2.75) is 19.5 Å². The third-order valence-corrected chi connectivity index (χ3v) is 4.17. The van der Waals surface area contributed by atoms with Crippen LogP contribution < -0.4 is 10.2 Å². The zero-order valence-electron chi connectivity index (χ0n) is 12.5. The first-order valence-corrected chi connectivity index (χ1v) is 7.73. The van der Waals surface area contributed by atoms with E-state index in [2.05, 4.69) is 38.3 Å². The first-order chi connectivity index (χ1) is 10.0.